The maximum Gasteiger partial charge on any atom is 0.0543 e. The van der Waals surface area contributed by atoms with Crippen LogP contribution >= 0.6 is 0 Å². The molecule has 4 saturated carbocycles. The molecule has 1 N–H and O–H groups in total. The first-order chi connectivity index (χ1) is 13.8. The summed E-state index contributed by atoms with van der Waals surface area (Å²) in [7, 11) is 0. The number of fused-ring (bicyclic) bond motifs is 5. The van der Waals surface area contributed by atoms with Crippen LogP contribution in [0.5, 0.6) is 0 Å². The quantitative estimate of drug-likeness (QED) is 0.479. The number of hydrogen-bond acceptors (Lipinski definition) is 1. The third-order valence-corrected chi connectivity index (χ3v) is 11.4. The molecule has 0 aromatic rings. The highest BCUT2D eigenvalue weighted by molar-refractivity contribution is 5.09. The van der Waals surface area contributed by atoms with Gasteiger partial charge in [-0.25, -0.2) is 0 Å². The van der Waals surface area contributed by atoms with Crippen molar-refractivity contribution < 1.29 is 5.11 Å². The standard InChI is InChI=1S/C28H50O/c1-6-20(19(2)3)8-7-9-21-11-13-25-24-12-10-22-18-23(29)14-16-28(22,5)26(24)15-17-27(21,25)4/h19-26,29H,6-18H2,1-5H3/t20-,21+,22+,23+,24+,25+,26+,27-,28+/m1/s1. The molecular formula is C28H50O. The molecule has 9 atom stereocenters. The first kappa shape index (κ1) is 22.2. The lowest BCUT2D eigenvalue weighted by atomic mass is 9.44. The third kappa shape index (κ3) is 3.85. The normalized spacial score (nSPS) is 48.1. The second kappa shape index (κ2) is 8.48. The third-order valence-electron chi connectivity index (χ3n) is 11.4. The fourth-order valence-corrected chi connectivity index (χ4v) is 9.45. The molecule has 0 unspecified atom stereocenters. The van der Waals surface area contributed by atoms with Crippen molar-refractivity contribution in [3.8, 4) is 0 Å². The predicted octanol–water partition coefficient (Wildman–Crippen LogP) is 7.86. The Morgan fingerprint density at radius 1 is 0.897 bits per heavy atom. The van der Waals surface area contributed by atoms with Gasteiger partial charge in [-0.3, -0.25) is 0 Å². The maximum atomic E-state index is 10.3. The van der Waals surface area contributed by atoms with Gasteiger partial charge < -0.3 is 5.11 Å². The zero-order valence-corrected chi connectivity index (χ0v) is 20.3. The van der Waals surface area contributed by atoms with Crippen LogP contribution in [0.4, 0.5) is 0 Å². The molecule has 0 aromatic carbocycles. The topological polar surface area (TPSA) is 20.2 Å². The number of aliphatic hydroxyl groups is 1. The first-order valence-corrected chi connectivity index (χ1v) is 13.5. The summed E-state index contributed by atoms with van der Waals surface area (Å²) in [4.78, 5) is 0. The number of rotatable bonds is 6. The molecule has 4 aliphatic carbocycles. The molecule has 0 radical (unpaired) electrons. The van der Waals surface area contributed by atoms with Crippen molar-refractivity contribution in [1.82, 2.24) is 0 Å². The van der Waals surface area contributed by atoms with Gasteiger partial charge in [0.1, 0.15) is 0 Å². The summed E-state index contributed by atoms with van der Waals surface area (Å²) < 4.78 is 0. The van der Waals surface area contributed by atoms with Crippen LogP contribution in [0.2, 0.25) is 0 Å². The summed E-state index contributed by atoms with van der Waals surface area (Å²) >= 11 is 0. The lowest BCUT2D eigenvalue weighted by Crippen LogP contribution is -2.53. The Balaban J connectivity index is 1.41. The van der Waals surface area contributed by atoms with Crippen molar-refractivity contribution in [3.63, 3.8) is 0 Å². The van der Waals surface area contributed by atoms with Gasteiger partial charge in [-0.2, -0.15) is 0 Å². The number of hydrogen-bond donors (Lipinski definition) is 1. The molecule has 1 nitrogen and oxygen atoms in total. The SMILES string of the molecule is CC[C@H](CCC[C@H]1CC[C@H]2[C@@H]3CC[C@H]4C[C@@H](O)CC[C@]4(C)[C@H]3CC[C@]12C)C(C)C. The molecule has 168 valence electrons. The van der Waals surface area contributed by atoms with Crippen LogP contribution in [0.25, 0.3) is 0 Å². The molecule has 4 fully saturated rings. The van der Waals surface area contributed by atoms with Gasteiger partial charge in [0.15, 0.2) is 0 Å². The van der Waals surface area contributed by atoms with E-state index in [2.05, 4.69) is 34.6 Å². The van der Waals surface area contributed by atoms with E-state index in [1.165, 1.54) is 70.6 Å². The Labute approximate surface area is 181 Å². The molecule has 0 spiro atoms. The monoisotopic (exact) mass is 402 g/mol. The summed E-state index contributed by atoms with van der Waals surface area (Å²) in [5.41, 5.74) is 1.17. The van der Waals surface area contributed by atoms with Gasteiger partial charge in [0, 0.05) is 0 Å². The fraction of sp³-hybridized carbons (Fsp3) is 1.00. The Bertz CT molecular complexity index is 555. The molecule has 4 rings (SSSR count). The molecular weight excluding hydrogens is 352 g/mol. The first-order valence-electron chi connectivity index (χ1n) is 13.5. The molecule has 0 saturated heterocycles. The van der Waals surface area contributed by atoms with E-state index in [1.54, 1.807) is 0 Å². The van der Waals surface area contributed by atoms with Crippen molar-refractivity contribution in [2.45, 2.75) is 124 Å². The zero-order valence-electron chi connectivity index (χ0n) is 20.3. The molecule has 0 amide bonds. The van der Waals surface area contributed by atoms with Gasteiger partial charge in [-0.05, 0) is 116 Å². The predicted molar refractivity (Wildman–Crippen MR) is 124 cm³/mol. The van der Waals surface area contributed by atoms with Crippen LogP contribution in [-0.4, -0.2) is 11.2 Å². The number of aliphatic hydroxyl groups excluding tert-OH is 1. The zero-order chi connectivity index (χ0) is 20.8. The van der Waals surface area contributed by atoms with Crippen molar-refractivity contribution in [1.29, 1.82) is 0 Å². The Hall–Kier alpha value is -0.0400. The lowest BCUT2D eigenvalue weighted by molar-refractivity contribution is -0.127. The van der Waals surface area contributed by atoms with E-state index in [9.17, 15) is 5.11 Å². The minimum Gasteiger partial charge on any atom is -0.393 e. The lowest BCUT2D eigenvalue weighted by Gasteiger charge is -2.61. The second-order valence-electron chi connectivity index (χ2n) is 12.7. The van der Waals surface area contributed by atoms with Crippen molar-refractivity contribution in [2.24, 2.45) is 52.3 Å². The largest absolute Gasteiger partial charge is 0.393 e. The fourth-order valence-electron chi connectivity index (χ4n) is 9.45. The minimum atomic E-state index is -0.00729. The van der Waals surface area contributed by atoms with E-state index in [4.69, 9.17) is 0 Å². The maximum absolute atomic E-state index is 10.3. The van der Waals surface area contributed by atoms with Crippen LogP contribution in [0.1, 0.15) is 118 Å². The van der Waals surface area contributed by atoms with Crippen LogP contribution < -0.4 is 0 Å². The molecule has 1 heteroatoms. The average Bonchev–Trinajstić information content (AvgIpc) is 3.02. The van der Waals surface area contributed by atoms with Crippen molar-refractivity contribution in [2.75, 3.05) is 0 Å². The van der Waals surface area contributed by atoms with Crippen LogP contribution in [0.3, 0.4) is 0 Å². The summed E-state index contributed by atoms with van der Waals surface area (Å²) in [6.07, 6.45) is 18.1. The van der Waals surface area contributed by atoms with Gasteiger partial charge in [0.25, 0.3) is 0 Å². The van der Waals surface area contributed by atoms with Crippen LogP contribution in [0, 0.1) is 52.3 Å². The highest BCUT2D eigenvalue weighted by atomic mass is 16.3. The van der Waals surface area contributed by atoms with Crippen LogP contribution in [-0.2, 0) is 0 Å². The summed E-state index contributed by atoms with van der Waals surface area (Å²) in [6.45, 7) is 12.6. The Morgan fingerprint density at radius 3 is 2.34 bits per heavy atom. The van der Waals surface area contributed by atoms with E-state index in [0.717, 1.165) is 54.3 Å². The Kier molecular flexibility index (Phi) is 6.48. The highest BCUT2D eigenvalue weighted by Gasteiger charge is 2.59. The molecule has 4 aliphatic rings. The molecule has 0 aromatic heterocycles. The smallest absolute Gasteiger partial charge is 0.0543 e. The second-order valence-corrected chi connectivity index (χ2v) is 12.7. The van der Waals surface area contributed by atoms with E-state index in [1.807, 2.05) is 0 Å². The van der Waals surface area contributed by atoms with Gasteiger partial charge in [0.2, 0.25) is 0 Å². The minimum absolute atomic E-state index is 0.00729. The summed E-state index contributed by atoms with van der Waals surface area (Å²) in [5.74, 6) is 6.54. The average molecular weight is 403 g/mol. The van der Waals surface area contributed by atoms with E-state index in [-0.39, 0.29) is 6.10 Å². The van der Waals surface area contributed by atoms with Gasteiger partial charge >= 0.3 is 0 Å². The summed E-state index contributed by atoms with van der Waals surface area (Å²) in [6, 6.07) is 0. The van der Waals surface area contributed by atoms with E-state index >= 15 is 0 Å². The van der Waals surface area contributed by atoms with Crippen LogP contribution in [0.15, 0.2) is 0 Å². The summed E-state index contributed by atoms with van der Waals surface area (Å²) in [5, 5.41) is 10.3. The van der Waals surface area contributed by atoms with Crippen molar-refractivity contribution >= 4 is 0 Å². The van der Waals surface area contributed by atoms with Crippen molar-refractivity contribution in [3.05, 3.63) is 0 Å². The molecule has 0 aliphatic heterocycles. The van der Waals surface area contributed by atoms with Gasteiger partial charge in [-0.1, -0.05) is 53.9 Å². The van der Waals surface area contributed by atoms with E-state index in [0.29, 0.717) is 10.8 Å². The Morgan fingerprint density at radius 2 is 1.62 bits per heavy atom. The molecule has 29 heavy (non-hydrogen) atoms. The molecule has 0 heterocycles. The molecule has 0 bridgehead atoms. The van der Waals surface area contributed by atoms with E-state index < -0.39 is 0 Å². The van der Waals surface area contributed by atoms with Gasteiger partial charge in [0.05, 0.1) is 6.10 Å². The highest BCUT2D eigenvalue weighted by Crippen LogP contribution is 2.67. The van der Waals surface area contributed by atoms with Gasteiger partial charge in [-0.15, -0.1) is 0 Å².